The molecule has 0 atom stereocenters. The van der Waals surface area contributed by atoms with Crippen molar-refractivity contribution in [3.63, 3.8) is 0 Å². The van der Waals surface area contributed by atoms with Gasteiger partial charge in [-0.05, 0) is 36.8 Å². The summed E-state index contributed by atoms with van der Waals surface area (Å²) in [4.78, 5) is 0. The van der Waals surface area contributed by atoms with Crippen molar-refractivity contribution in [2.75, 3.05) is 0 Å². The second-order valence-corrected chi connectivity index (χ2v) is 4.61. The molecule has 1 N–H and O–H groups in total. The molecule has 0 bridgehead atoms. The highest BCUT2D eigenvalue weighted by Crippen LogP contribution is 2.39. The van der Waals surface area contributed by atoms with E-state index in [9.17, 15) is 5.21 Å². The number of fused-ring (bicyclic) bond motifs is 1. The summed E-state index contributed by atoms with van der Waals surface area (Å²) in [6.45, 7) is 1.91. The standard InChI is InChI=1S/C14H10ClNO3/c1-8-5-10-13(16-17)12(7-9-3-2-4-18-9)19-14(10)11(15)6-8/h2-7,17H,1H3/b12-7?,16-13-. The Morgan fingerprint density at radius 3 is 2.89 bits per heavy atom. The first kappa shape index (κ1) is 11.9. The number of oxime groups is 1. The SMILES string of the molecule is Cc1cc(Cl)c2c(c1)/C(=N/O)C(=Cc1ccco1)O2. The van der Waals surface area contributed by atoms with Gasteiger partial charge in [0.2, 0.25) is 0 Å². The first-order valence-corrected chi connectivity index (χ1v) is 6.03. The highest BCUT2D eigenvalue weighted by molar-refractivity contribution is 6.34. The fraction of sp³-hybridized carbons (Fsp3) is 0.0714. The fourth-order valence-electron chi connectivity index (χ4n) is 2.00. The molecule has 2 aromatic rings. The Labute approximate surface area is 114 Å². The van der Waals surface area contributed by atoms with Crippen molar-refractivity contribution >= 4 is 23.4 Å². The number of benzene rings is 1. The van der Waals surface area contributed by atoms with Gasteiger partial charge in [0.1, 0.15) is 5.76 Å². The number of furan rings is 1. The van der Waals surface area contributed by atoms with E-state index in [4.69, 9.17) is 20.8 Å². The minimum atomic E-state index is 0.344. The quantitative estimate of drug-likeness (QED) is 0.635. The summed E-state index contributed by atoms with van der Waals surface area (Å²) in [6.07, 6.45) is 3.21. The van der Waals surface area contributed by atoms with Crippen molar-refractivity contribution in [1.82, 2.24) is 0 Å². The molecule has 0 fully saturated rings. The predicted octanol–water partition coefficient (Wildman–Crippen LogP) is 3.85. The molecule has 1 aliphatic rings. The van der Waals surface area contributed by atoms with Crippen molar-refractivity contribution in [2.45, 2.75) is 6.92 Å². The molecule has 0 saturated heterocycles. The average molecular weight is 276 g/mol. The lowest BCUT2D eigenvalue weighted by Crippen LogP contribution is -2.00. The normalized spacial score (nSPS) is 17.8. The van der Waals surface area contributed by atoms with E-state index in [1.807, 2.05) is 13.0 Å². The summed E-state index contributed by atoms with van der Waals surface area (Å²) < 4.78 is 10.9. The molecule has 0 amide bonds. The van der Waals surface area contributed by atoms with Crippen LogP contribution in [0.3, 0.4) is 0 Å². The molecule has 1 aromatic heterocycles. The summed E-state index contributed by atoms with van der Waals surface area (Å²) in [5, 5.41) is 13.0. The molecule has 3 rings (SSSR count). The molecule has 2 heterocycles. The molecule has 19 heavy (non-hydrogen) atoms. The van der Waals surface area contributed by atoms with Crippen LogP contribution >= 0.6 is 11.6 Å². The molecule has 96 valence electrons. The predicted molar refractivity (Wildman–Crippen MR) is 71.8 cm³/mol. The highest BCUT2D eigenvalue weighted by Gasteiger charge is 2.28. The molecule has 0 unspecified atom stereocenters. The Morgan fingerprint density at radius 1 is 1.37 bits per heavy atom. The van der Waals surface area contributed by atoms with E-state index >= 15 is 0 Å². The van der Waals surface area contributed by atoms with Crippen LogP contribution in [0.4, 0.5) is 0 Å². The van der Waals surface area contributed by atoms with E-state index < -0.39 is 0 Å². The largest absolute Gasteiger partial charge is 0.465 e. The summed E-state index contributed by atoms with van der Waals surface area (Å²) in [5.74, 6) is 1.51. The second-order valence-electron chi connectivity index (χ2n) is 4.20. The minimum Gasteiger partial charge on any atom is -0.465 e. The van der Waals surface area contributed by atoms with Crippen LogP contribution in [0.15, 0.2) is 45.9 Å². The Bertz CT molecular complexity index is 687. The topological polar surface area (TPSA) is 55.0 Å². The number of allylic oxidation sites excluding steroid dienone is 1. The van der Waals surface area contributed by atoms with Crippen LogP contribution in [0.25, 0.3) is 6.08 Å². The smallest absolute Gasteiger partial charge is 0.161 e. The molecule has 0 spiro atoms. The number of hydrogen-bond donors (Lipinski definition) is 1. The maximum Gasteiger partial charge on any atom is 0.161 e. The van der Waals surface area contributed by atoms with Gasteiger partial charge in [-0.3, -0.25) is 0 Å². The van der Waals surface area contributed by atoms with Crippen LogP contribution in [0, 0.1) is 6.92 Å². The van der Waals surface area contributed by atoms with Crippen LogP contribution < -0.4 is 4.74 Å². The lowest BCUT2D eigenvalue weighted by atomic mass is 10.1. The first-order valence-electron chi connectivity index (χ1n) is 5.65. The van der Waals surface area contributed by atoms with Crippen molar-refractivity contribution in [3.05, 3.63) is 58.2 Å². The van der Waals surface area contributed by atoms with Gasteiger partial charge in [-0.1, -0.05) is 16.8 Å². The highest BCUT2D eigenvalue weighted by atomic mass is 35.5. The molecule has 0 radical (unpaired) electrons. The van der Waals surface area contributed by atoms with Crippen LogP contribution in [-0.4, -0.2) is 10.9 Å². The third kappa shape index (κ3) is 2.00. The second kappa shape index (κ2) is 4.48. The molecular weight excluding hydrogens is 266 g/mol. The Hall–Kier alpha value is -2.20. The molecule has 5 heteroatoms. The van der Waals surface area contributed by atoms with E-state index in [1.54, 1.807) is 30.5 Å². The number of halogens is 1. The lowest BCUT2D eigenvalue weighted by molar-refractivity contribution is 0.318. The lowest BCUT2D eigenvalue weighted by Gasteiger charge is -2.01. The Kier molecular flexibility index (Phi) is 2.80. The van der Waals surface area contributed by atoms with E-state index in [1.165, 1.54) is 0 Å². The summed E-state index contributed by atoms with van der Waals surface area (Å²) in [6, 6.07) is 7.20. The number of rotatable bonds is 1. The van der Waals surface area contributed by atoms with Gasteiger partial charge >= 0.3 is 0 Å². The number of hydrogen-bond acceptors (Lipinski definition) is 4. The van der Waals surface area contributed by atoms with E-state index in [0.29, 0.717) is 33.6 Å². The van der Waals surface area contributed by atoms with Gasteiger partial charge in [-0.15, -0.1) is 0 Å². The van der Waals surface area contributed by atoms with Gasteiger partial charge in [0.25, 0.3) is 0 Å². The third-order valence-electron chi connectivity index (χ3n) is 2.81. The molecule has 1 aromatic carbocycles. The number of ether oxygens (including phenoxy) is 1. The molecular formula is C14H10ClNO3. The van der Waals surface area contributed by atoms with E-state index in [0.717, 1.165) is 5.56 Å². The van der Waals surface area contributed by atoms with Gasteiger partial charge in [0.05, 0.1) is 16.8 Å². The van der Waals surface area contributed by atoms with Crippen molar-refractivity contribution in [2.24, 2.45) is 5.16 Å². The van der Waals surface area contributed by atoms with Crippen LogP contribution in [-0.2, 0) is 0 Å². The van der Waals surface area contributed by atoms with E-state index in [-0.39, 0.29) is 0 Å². The van der Waals surface area contributed by atoms with Crippen LogP contribution in [0.5, 0.6) is 5.75 Å². The maximum atomic E-state index is 9.19. The zero-order valence-corrected chi connectivity index (χ0v) is 10.8. The zero-order chi connectivity index (χ0) is 13.4. The molecule has 4 nitrogen and oxygen atoms in total. The van der Waals surface area contributed by atoms with Crippen molar-refractivity contribution in [1.29, 1.82) is 0 Å². The molecule has 0 aliphatic carbocycles. The Morgan fingerprint density at radius 2 is 2.21 bits per heavy atom. The van der Waals surface area contributed by atoms with Gasteiger partial charge < -0.3 is 14.4 Å². The summed E-state index contributed by atoms with van der Waals surface area (Å²) >= 11 is 6.13. The van der Waals surface area contributed by atoms with Crippen LogP contribution in [0.1, 0.15) is 16.9 Å². The van der Waals surface area contributed by atoms with Crippen LogP contribution in [0.2, 0.25) is 5.02 Å². The maximum absolute atomic E-state index is 9.19. The summed E-state index contributed by atoms with van der Waals surface area (Å²) in [5.41, 5.74) is 1.98. The number of aryl methyl sites for hydroxylation is 1. The van der Waals surface area contributed by atoms with Gasteiger partial charge in [-0.25, -0.2) is 0 Å². The minimum absolute atomic E-state index is 0.344. The van der Waals surface area contributed by atoms with Gasteiger partial charge in [0, 0.05) is 6.08 Å². The number of nitrogens with zero attached hydrogens (tertiary/aromatic N) is 1. The zero-order valence-electron chi connectivity index (χ0n) is 10.1. The fourth-order valence-corrected chi connectivity index (χ4v) is 2.32. The molecule has 1 aliphatic heterocycles. The summed E-state index contributed by atoms with van der Waals surface area (Å²) in [7, 11) is 0. The van der Waals surface area contributed by atoms with E-state index in [2.05, 4.69) is 5.16 Å². The monoisotopic (exact) mass is 275 g/mol. The molecule has 0 saturated carbocycles. The van der Waals surface area contributed by atoms with Crippen molar-refractivity contribution in [3.8, 4) is 5.75 Å². The van der Waals surface area contributed by atoms with Gasteiger partial charge in [-0.2, -0.15) is 0 Å². The Balaban J connectivity index is 2.12. The van der Waals surface area contributed by atoms with Crippen molar-refractivity contribution < 1.29 is 14.4 Å². The van der Waals surface area contributed by atoms with Gasteiger partial charge in [0.15, 0.2) is 17.2 Å². The average Bonchev–Trinajstić information content (AvgIpc) is 2.97. The third-order valence-corrected chi connectivity index (χ3v) is 3.09. The first-order chi connectivity index (χ1) is 9.19.